The van der Waals surface area contributed by atoms with Crippen molar-refractivity contribution in [1.82, 2.24) is 0 Å². The number of hydrogen-bond donors (Lipinski definition) is 2. The molecule has 2 aromatic carbocycles. The van der Waals surface area contributed by atoms with Gasteiger partial charge in [-0.3, -0.25) is 14.4 Å². The van der Waals surface area contributed by atoms with Crippen LogP contribution in [-0.2, 0) is 23.9 Å². The van der Waals surface area contributed by atoms with Crippen molar-refractivity contribution in [1.29, 1.82) is 0 Å². The maximum Gasteiger partial charge on any atom is 0.338 e. The van der Waals surface area contributed by atoms with Crippen LogP contribution in [0.25, 0.3) is 0 Å². The third kappa shape index (κ3) is 9.70. The third-order valence-electron chi connectivity index (χ3n) is 4.92. The number of amides is 2. The third-order valence-corrected chi connectivity index (χ3v) is 6.30. The van der Waals surface area contributed by atoms with Crippen LogP contribution in [-0.4, -0.2) is 37.0 Å². The Labute approximate surface area is 217 Å². The fourth-order valence-corrected chi connectivity index (χ4v) is 3.52. The highest BCUT2D eigenvalue weighted by atomic mass is 79.9. The predicted octanol–water partition coefficient (Wildman–Crippen LogP) is 5.66. The predicted molar refractivity (Wildman–Crippen MR) is 138 cm³/mol. The van der Waals surface area contributed by atoms with Gasteiger partial charge in [-0.1, -0.05) is 31.4 Å². The SMILES string of the molecule is CCCCCOC(=O)c1ccc(NC(=O)CCC(=O)OCC(=O)Nc2ccc(Br)c(Cl)c2C)cc1. The average Bonchev–Trinajstić information content (AvgIpc) is 2.84. The maximum atomic E-state index is 12.1. The minimum absolute atomic E-state index is 0.122. The van der Waals surface area contributed by atoms with Crippen molar-refractivity contribution >= 4 is 62.7 Å². The summed E-state index contributed by atoms with van der Waals surface area (Å²) in [6, 6.07) is 9.66. The second-order valence-electron chi connectivity index (χ2n) is 7.71. The Kier molecular flexibility index (Phi) is 11.7. The average molecular weight is 568 g/mol. The molecule has 0 saturated carbocycles. The van der Waals surface area contributed by atoms with Crippen molar-refractivity contribution in [2.24, 2.45) is 0 Å². The van der Waals surface area contributed by atoms with Gasteiger partial charge < -0.3 is 20.1 Å². The molecule has 10 heteroatoms. The van der Waals surface area contributed by atoms with Crippen LogP contribution in [0.1, 0.15) is 54.9 Å². The van der Waals surface area contributed by atoms with Crippen molar-refractivity contribution in [3.63, 3.8) is 0 Å². The van der Waals surface area contributed by atoms with Crippen LogP contribution >= 0.6 is 27.5 Å². The molecule has 35 heavy (non-hydrogen) atoms. The number of esters is 2. The molecule has 0 aliphatic rings. The Morgan fingerprint density at radius 3 is 2.31 bits per heavy atom. The Morgan fingerprint density at radius 2 is 1.63 bits per heavy atom. The van der Waals surface area contributed by atoms with Crippen LogP contribution in [0.3, 0.4) is 0 Å². The van der Waals surface area contributed by atoms with E-state index in [2.05, 4.69) is 33.5 Å². The van der Waals surface area contributed by atoms with Crippen molar-refractivity contribution in [3.8, 4) is 0 Å². The van der Waals surface area contributed by atoms with E-state index in [1.54, 1.807) is 43.3 Å². The lowest BCUT2D eigenvalue weighted by molar-refractivity contribution is -0.147. The molecule has 2 amide bonds. The van der Waals surface area contributed by atoms with Crippen LogP contribution in [0.5, 0.6) is 0 Å². The summed E-state index contributed by atoms with van der Waals surface area (Å²) in [6.07, 6.45) is 2.55. The summed E-state index contributed by atoms with van der Waals surface area (Å²) in [4.78, 5) is 48.0. The summed E-state index contributed by atoms with van der Waals surface area (Å²) >= 11 is 9.43. The van der Waals surface area contributed by atoms with E-state index in [4.69, 9.17) is 21.1 Å². The molecule has 2 N–H and O–H groups in total. The molecule has 0 aliphatic carbocycles. The van der Waals surface area contributed by atoms with Gasteiger partial charge in [-0.25, -0.2) is 4.79 Å². The van der Waals surface area contributed by atoms with Crippen molar-refractivity contribution in [2.75, 3.05) is 23.8 Å². The smallest absolute Gasteiger partial charge is 0.338 e. The lowest BCUT2D eigenvalue weighted by atomic mass is 10.2. The number of ether oxygens (including phenoxy) is 2. The minimum atomic E-state index is -0.679. The first-order chi connectivity index (χ1) is 16.7. The van der Waals surface area contributed by atoms with Gasteiger partial charge in [0, 0.05) is 22.3 Å². The highest BCUT2D eigenvalue weighted by molar-refractivity contribution is 9.10. The van der Waals surface area contributed by atoms with E-state index in [1.807, 2.05) is 0 Å². The molecular weight excluding hydrogens is 540 g/mol. The van der Waals surface area contributed by atoms with E-state index in [0.29, 0.717) is 38.6 Å². The quantitative estimate of drug-likeness (QED) is 0.253. The summed E-state index contributed by atoms with van der Waals surface area (Å²) in [6.45, 7) is 3.71. The van der Waals surface area contributed by atoms with Gasteiger partial charge in [0.1, 0.15) is 0 Å². The molecule has 2 aromatic rings. The van der Waals surface area contributed by atoms with Crippen molar-refractivity contribution in [2.45, 2.75) is 46.0 Å². The van der Waals surface area contributed by atoms with Gasteiger partial charge in [-0.15, -0.1) is 0 Å². The number of carbonyl (C=O) groups is 4. The molecule has 188 valence electrons. The molecule has 0 spiro atoms. The van der Waals surface area contributed by atoms with Gasteiger partial charge >= 0.3 is 11.9 Å². The monoisotopic (exact) mass is 566 g/mol. The number of nitrogens with one attached hydrogen (secondary N) is 2. The summed E-state index contributed by atoms with van der Waals surface area (Å²) in [5.41, 5.74) is 2.06. The summed E-state index contributed by atoms with van der Waals surface area (Å²) in [5, 5.41) is 5.74. The molecule has 2 rings (SSSR count). The van der Waals surface area contributed by atoms with Crippen LogP contribution in [0.2, 0.25) is 5.02 Å². The molecule has 0 radical (unpaired) electrons. The number of benzene rings is 2. The van der Waals surface area contributed by atoms with Crippen LogP contribution in [0, 0.1) is 6.92 Å². The van der Waals surface area contributed by atoms with Crippen LogP contribution in [0.4, 0.5) is 11.4 Å². The van der Waals surface area contributed by atoms with Gasteiger partial charge in [0.2, 0.25) is 5.91 Å². The number of halogens is 2. The normalized spacial score (nSPS) is 10.4. The number of rotatable bonds is 12. The molecule has 0 bridgehead atoms. The lowest BCUT2D eigenvalue weighted by Gasteiger charge is -2.11. The second kappa shape index (κ2) is 14.5. The fourth-order valence-electron chi connectivity index (χ4n) is 2.92. The Balaban J connectivity index is 1.70. The van der Waals surface area contributed by atoms with Gasteiger partial charge in [-0.05, 0) is 71.2 Å². The first kappa shape index (κ1) is 28.3. The number of hydrogen-bond acceptors (Lipinski definition) is 6. The molecule has 8 nitrogen and oxygen atoms in total. The van der Waals surface area contributed by atoms with E-state index in [9.17, 15) is 19.2 Å². The zero-order chi connectivity index (χ0) is 25.8. The molecule has 0 fully saturated rings. The van der Waals surface area contributed by atoms with E-state index in [1.165, 1.54) is 0 Å². The zero-order valence-corrected chi connectivity index (χ0v) is 22.0. The number of carbonyl (C=O) groups excluding carboxylic acids is 4. The molecule has 0 aromatic heterocycles. The topological polar surface area (TPSA) is 111 Å². The number of anilines is 2. The highest BCUT2D eigenvalue weighted by Gasteiger charge is 2.13. The summed E-state index contributed by atoms with van der Waals surface area (Å²) in [7, 11) is 0. The molecule has 0 unspecified atom stereocenters. The Morgan fingerprint density at radius 1 is 0.914 bits per heavy atom. The standard InChI is InChI=1S/C25H28BrClN2O6/c1-3-4-5-14-34-25(33)17-6-8-18(9-7-17)28-21(30)12-13-23(32)35-15-22(31)29-20-11-10-19(26)24(27)16(20)2/h6-11H,3-5,12-15H2,1-2H3,(H,28,30)(H,29,31). The molecule has 0 aliphatic heterocycles. The summed E-state index contributed by atoms with van der Waals surface area (Å²) < 4.78 is 10.8. The largest absolute Gasteiger partial charge is 0.462 e. The van der Waals surface area contributed by atoms with Gasteiger partial charge in [-0.2, -0.15) is 0 Å². The van der Waals surface area contributed by atoms with Gasteiger partial charge in [0.05, 0.1) is 23.6 Å². The number of unbranched alkanes of at least 4 members (excludes halogenated alkanes) is 2. The van der Waals surface area contributed by atoms with Crippen molar-refractivity contribution < 1.29 is 28.7 Å². The van der Waals surface area contributed by atoms with E-state index in [0.717, 1.165) is 19.3 Å². The van der Waals surface area contributed by atoms with Gasteiger partial charge in [0.15, 0.2) is 6.61 Å². The second-order valence-corrected chi connectivity index (χ2v) is 8.94. The van der Waals surface area contributed by atoms with Crippen LogP contribution in [0.15, 0.2) is 40.9 Å². The van der Waals surface area contributed by atoms with Crippen LogP contribution < -0.4 is 10.6 Å². The first-order valence-electron chi connectivity index (χ1n) is 11.2. The van der Waals surface area contributed by atoms with E-state index < -0.39 is 30.4 Å². The van der Waals surface area contributed by atoms with Gasteiger partial charge in [0.25, 0.3) is 5.91 Å². The Bertz CT molecular complexity index is 1060. The minimum Gasteiger partial charge on any atom is -0.462 e. The van der Waals surface area contributed by atoms with Crippen molar-refractivity contribution in [3.05, 3.63) is 57.0 Å². The van der Waals surface area contributed by atoms with E-state index >= 15 is 0 Å². The lowest BCUT2D eigenvalue weighted by Crippen LogP contribution is -2.22. The fraction of sp³-hybridized carbons (Fsp3) is 0.360. The van der Waals surface area contributed by atoms with E-state index in [-0.39, 0.29) is 12.8 Å². The molecular formula is C25H28BrClN2O6. The first-order valence-corrected chi connectivity index (χ1v) is 12.4. The zero-order valence-electron chi connectivity index (χ0n) is 19.6. The molecule has 0 saturated heterocycles. The summed E-state index contributed by atoms with van der Waals surface area (Å²) in [5.74, 6) is -2.01. The Hall–Kier alpha value is -2.91. The molecule has 0 heterocycles. The molecule has 0 atom stereocenters. The highest BCUT2D eigenvalue weighted by Crippen LogP contribution is 2.30. The maximum absolute atomic E-state index is 12.1.